The quantitative estimate of drug-likeness (QED) is 0.527. The van der Waals surface area contributed by atoms with Crippen LogP contribution in [0.2, 0.25) is 0 Å². The lowest BCUT2D eigenvalue weighted by atomic mass is 9.96. The molecule has 0 heterocycles. The summed E-state index contributed by atoms with van der Waals surface area (Å²) in [6.45, 7) is 1.57. The average molecular weight is 387 g/mol. The average Bonchev–Trinajstić information content (AvgIpc) is 2.67. The van der Waals surface area contributed by atoms with Crippen molar-refractivity contribution in [3.8, 4) is 11.1 Å². The summed E-state index contributed by atoms with van der Waals surface area (Å²) < 4.78 is 52.9. The Labute approximate surface area is 159 Å². The molecule has 1 N–H and O–H groups in total. The number of benzene rings is 3. The van der Waals surface area contributed by atoms with Crippen molar-refractivity contribution in [3.05, 3.63) is 89.7 Å². The van der Waals surface area contributed by atoms with Crippen molar-refractivity contribution in [2.75, 3.05) is 5.32 Å². The number of alkyl halides is 3. The molecule has 0 radical (unpaired) electrons. The van der Waals surface area contributed by atoms with Gasteiger partial charge in [0.05, 0.1) is 11.5 Å². The van der Waals surface area contributed by atoms with Crippen LogP contribution in [-0.4, -0.2) is 5.91 Å². The lowest BCUT2D eigenvalue weighted by Gasteiger charge is -2.15. The van der Waals surface area contributed by atoms with E-state index < -0.39 is 29.4 Å². The molecular formula is C22H17F4NO. The Balaban J connectivity index is 1.78. The van der Waals surface area contributed by atoms with Crippen molar-refractivity contribution in [2.45, 2.75) is 19.0 Å². The molecule has 0 aliphatic carbocycles. The van der Waals surface area contributed by atoms with Gasteiger partial charge < -0.3 is 5.32 Å². The maximum absolute atomic E-state index is 14.5. The molecule has 3 aromatic rings. The molecule has 0 aliphatic heterocycles. The van der Waals surface area contributed by atoms with Crippen LogP contribution < -0.4 is 5.32 Å². The highest BCUT2D eigenvalue weighted by atomic mass is 19.4. The van der Waals surface area contributed by atoms with E-state index in [0.29, 0.717) is 16.7 Å². The van der Waals surface area contributed by atoms with Gasteiger partial charge in [-0.2, -0.15) is 13.2 Å². The molecule has 0 saturated heterocycles. The van der Waals surface area contributed by atoms with E-state index >= 15 is 0 Å². The van der Waals surface area contributed by atoms with E-state index in [1.54, 1.807) is 43.3 Å². The second kappa shape index (κ2) is 7.84. The molecule has 28 heavy (non-hydrogen) atoms. The highest BCUT2D eigenvalue weighted by Gasteiger charge is 2.30. The summed E-state index contributed by atoms with van der Waals surface area (Å²) in [5.74, 6) is -1.73. The highest BCUT2D eigenvalue weighted by Crippen LogP contribution is 2.31. The SMILES string of the molecule is C[C@@H](C(=O)Nc1cccc(C(F)(F)F)c1)c1ccc(-c2ccccc2)c(F)c1. The molecule has 1 amide bonds. The van der Waals surface area contributed by atoms with Crippen LogP contribution in [0.25, 0.3) is 11.1 Å². The fourth-order valence-electron chi connectivity index (χ4n) is 2.83. The Hall–Kier alpha value is -3.15. The zero-order valence-electron chi connectivity index (χ0n) is 14.9. The van der Waals surface area contributed by atoms with Gasteiger partial charge in [0.1, 0.15) is 5.82 Å². The van der Waals surface area contributed by atoms with Crippen LogP contribution >= 0.6 is 0 Å². The van der Waals surface area contributed by atoms with Crippen LogP contribution in [0.5, 0.6) is 0 Å². The van der Waals surface area contributed by atoms with Gasteiger partial charge in [-0.25, -0.2) is 4.39 Å². The molecule has 0 aliphatic rings. The number of carbonyl (C=O) groups is 1. The van der Waals surface area contributed by atoms with Crippen molar-refractivity contribution in [1.82, 2.24) is 0 Å². The molecule has 144 valence electrons. The molecular weight excluding hydrogens is 370 g/mol. The summed E-state index contributed by atoms with van der Waals surface area (Å²) in [5, 5.41) is 2.46. The van der Waals surface area contributed by atoms with Crippen LogP contribution in [0.15, 0.2) is 72.8 Å². The van der Waals surface area contributed by atoms with Gasteiger partial charge in [0.2, 0.25) is 5.91 Å². The summed E-state index contributed by atoms with van der Waals surface area (Å²) in [6.07, 6.45) is -4.50. The Morgan fingerprint density at radius 2 is 1.64 bits per heavy atom. The predicted octanol–water partition coefficient (Wildman–Crippen LogP) is 6.25. The first-order valence-corrected chi connectivity index (χ1v) is 8.58. The Kier molecular flexibility index (Phi) is 5.49. The van der Waals surface area contributed by atoms with E-state index in [2.05, 4.69) is 5.32 Å². The molecule has 1 atom stereocenters. The van der Waals surface area contributed by atoms with Gasteiger partial charge in [0, 0.05) is 11.3 Å². The van der Waals surface area contributed by atoms with Crippen LogP contribution in [0.3, 0.4) is 0 Å². The standard InChI is InChI=1S/C22H17F4NO/c1-14(21(28)27-18-9-5-8-17(13-18)22(24,25)26)16-10-11-19(20(23)12-16)15-6-3-2-4-7-15/h2-14H,1H3,(H,27,28)/t14-/m1/s1. The minimum atomic E-state index is -4.50. The summed E-state index contributed by atoms with van der Waals surface area (Å²) in [4.78, 5) is 12.4. The van der Waals surface area contributed by atoms with Gasteiger partial charge >= 0.3 is 6.18 Å². The van der Waals surface area contributed by atoms with Crippen LogP contribution in [-0.2, 0) is 11.0 Å². The fourth-order valence-corrected chi connectivity index (χ4v) is 2.83. The normalized spacial score (nSPS) is 12.5. The van der Waals surface area contributed by atoms with Crippen molar-refractivity contribution >= 4 is 11.6 Å². The first-order chi connectivity index (χ1) is 13.3. The number of carbonyl (C=O) groups excluding carboxylic acids is 1. The zero-order chi connectivity index (χ0) is 20.3. The lowest BCUT2D eigenvalue weighted by molar-refractivity contribution is -0.137. The minimum Gasteiger partial charge on any atom is -0.326 e. The van der Waals surface area contributed by atoms with Crippen LogP contribution in [0.4, 0.5) is 23.2 Å². The Morgan fingerprint density at radius 3 is 2.29 bits per heavy atom. The van der Waals surface area contributed by atoms with Crippen LogP contribution in [0.1, 0.15) is 24.0 Å². The number of nitrogens with one attached hydrogen (secondary N) is 1. The topological polar surface area (TPSA) is 29.1 Å². The molecule has 3 rings (SSSR count). The molecule has 0 unspecified atom stereocenters. The summed E-state index contributed by atoms with van der Waals surface area (Å²) >= 11 is 0. The smallest absolute Gasteiger partial charge is 0.326 e. The molecule has 6 heteroatoms. The second-order valence-electron chi connectivity index (χ2n) is 6.39. The number of amides is 1. The molecule has 3 aromatic carbocycles. The molecule has 2 nitrogen and oxygen atoms in total. The van der Waals surface area contributed by atoms with Gasteiger partial charge in [0.25, 0.3) is 0 Å². The van der Waals surface area contributed by atoms with Crippen LogP contribution in [0, 0.1) is 5.82 Å². The molecule has 0 saturated carbocycles. The lowest BCUT2D eigenvalue weighted by Crippen LogP contribution is -2.19. The van der Waals surface area contributed by atoms with E-state index in [-0.39, 0.29) is 5.69 Å². The Bertz CT molecular complexity index is 983. The van der Waals surface area contributed by atoms with Crippen molar-refractivity contribution in [2.24, 2.45) is 0 Å². The third-order valence-electron chi connectivity index (χ3n) is 4.43. The van der Waals surface area contributed by atoms with Gasteiger partial charge in [-0.05, 0) is 42.3 Å². The first-order valence-electron chi connectivity index (χ1n) is 8.58. The van der Waals surface area contributed by atoms with E-state index in [0.717, 1.165) is 12.1 Å². The van der Waals surface area contributed by atoms with E-state index in [1.807, 2.05) is 6.07 Å². The van der Waals surface area contributed by atoms with E-state index in [4.69, 9.17) is 0 Å². The van der Waals surface area contributed by atoms with E-state index in [9.17, 15) is 22.4 Å². The largest absolute Gasteiger partial charge is 0.416 e. The maximum Gasteiger partial charge on any atom is 0.416 e. The fraction of sp³-hybridized carbons (Fsp3) is 0.136. The monoisotopic (exact) mass is 387 g/mol. The van der Waals surface area contributed by atoms with Crippen molar-refractivity contribution < 1.29 is 22.4 Å². The minimum absolute atomic E-state index is 0.0352. The van der Waals surface area contributed by atoms with Gasteiger partial charge in [-0.1, -0.05) is 48.5 Å². The molecule has 0 fully saturated rings. The van der Waals surface area contributed by atoms with Gasteiger partial charge in [-0.15, -0.1) is 0 Å². The van der Waals surface area contributed by atoms with Gasteiger partial charge in [0.15, 0.2) is 0 Å². The zero-order valence-corrected chi connectivity index (χ0v) is 14.9. The third kappa shape index (κ3) is 4.39. The molecule has 0 aromatic heterocycles. The Morgan fingerprint density at radius 1 is 0.929 bits per heavy atom. The number of halogens is 4. The third-order valence-corrected chi connectivity index (χ3v) is 4.43. The van der Waals surface area contributed by atoms with Crippen molar-refractivity contribution in [1.29, 1.82) is 0 Å². The molecule has 0 bridgehead atoms. The van der Waals surface area contributed by atoms with E-state index in [1.165, 1.54) is 18.2 Å². The highest BCUT2D eigenvalue weighted by molar-refractivity contribution is 5.95. The molecule has 0 spiro atoms. The number of rotatable bonds is 4. The van der Waals surface area contributed by atoms with Crippen molar-refractivity contribution in [3.63, 3.8) is 0 Å². The number of anilines is 1. The first kappa shape index (κ1) is 19.6. The summed E-state index contributed by atoms with van der Waals surface area (Å²) in [6, 6.07) is 17.9. The second-order valence-corrected chi connectivity index (χ2v) is 6.39. The summed E-state index contributed by atoms with van der Waals surface area (Å²) in [5.41, 5.74) is 0.744. The predicted molar refractivity (Wildman–Crippen MR) is 100 cm³/mol. The maximum atomic E-state index is 14.5. The number of hydrogen-bond donors (Lipinski definition) is 1. The van der Waals surface area contributed by atoms with Gasteiger partial charge in [-0.3, -0.25) is 4.79 Å². The number of hydrogen-bond acceptors (Lipinski definition) is 1. The summed E-state index contributed by atoms with van der Waals surface area (Å²) in [7, 11) is 0.